The lowest BCUT2D eigenvalue weighted by atomic mass is 9.77. The molecule has 0 radical (unpaired) electrons. The summed E-state index contributed by atoms with van der Waals surface area (Å²) >= 11 is 0. The first kappa shape index (κ1) is 18.1. The van der Waals surface area contributed by atoms with E-state index < -0.39 is 0 Å². The molecule has 3 atom stereocenters. The van der Waals surface area contributed by atoms with E-state index in [9.17, 15) is 9.90 Å². The zero-order valence-electron chi connectivity index (χ0n) is 14.8. The molecule has 3 rings (SSSR count). The van der Waals surface area contributed by atoms with Crippen LogP contribution < -0.4 is 10.6 Å². The summed E-state index contributed by atoms with van der Waals surface area (Å²) in [7, 11) is 0. The van der Waals surface area contributed by atoms with Gasteiger partial charge in [-0.1, -0.05) is 43.3 Å². The molecule has 0 spiro atoms. The Balaban J connectivity index is 1.75. The molecule has 0 aliphatic carbocycles. The SMILES string of the molecule is CCC(=O)NC[C@@H]1N[C@@H](CO)[C@H]1c1ccc(-c2cccc(C#N)c2)cc1. The van der Waals surface area contributed by atoms with Gasteiger partial charge in [0.1, 0.15) is 0 Å². The highest BCUT2D eigenvalue weighted by atomic mass is 16.3. The number of nitriles is 1. The highest BCUT2D eigenvalue weighted by molar-refractivity contribution is 5.75. The largest absolute Gasteiger partial charge is 0.395 e. The predicted octanol–water partition coefficient (Wildman–Crippen LogP) is 2.17. The van der Waals surface area contributed by atoms with Crippen molar-refractivity contribution in [1.29, 1.82) is 5.26 Å². The molecule has 0 saturated carbocycles. The number of benzene rings is 2. The number of amides is 1. The van der Waals surface area contributed by atoms with Crippen molar-refractivity contribution < 1.29 is 9.90 Å². The average Bonchev–Trinajstić information content (AvgIpc) is 2.67. The van der Waals surface area contributed by atoms with E-state index in [1.54, 1.807) is 6.07 Å². The zero-order chi connectivity index (χ0) is 18.5. The molecule has 3 N–H and O–H groups in total. The van der Waals surface area contributed by atoms with E-state index >= 15 is 0 Å². The van der Waals surface area contributed by atoms with Crippen LogP contribution in [0.15, 0.2) is 48.5 Å². The third-order valence-corrected chi connectivity index (χ3v) is 4.95. The van der Waals surface area contributed by atoms with Crippen LogP contribution in [0.3, 0.4) is 0 Å². The fraction of sp³-hybridized carbons (Fsp3) is 0.333. The first-order valence-electron chi connectivity index (χ1n) is 8.90. The molecule has 0 bridgehead atoms. The van der Waals surface area contributed by atoms with E-state index in [-0.39, 0.29) is 30.5 Å². The van der Waals surface area contributed by atoms with Crippen LogP contribution in [-0.2, 0) is 4.79 Å². The van der Waals surface area contributed by atoms with Gasteiger partial charge in [-0.15, -0.1) is 0 Å². The van der Waals surface area contributed by atoms with Gasteiger partial charge in [0, 0.05) is 31.0 Å². The van der Waals surface area contributed by atoms with Gasteiger partial charge >= 0.3 is 0 Å². The van der Waals surface area contributed by atoms with E-state index in [0.29, 0.717) is 18.5 Å². The summed E-state index contributed by atoms with van der Waals surface area (Å²) in [5.41, 5.74) is 3.84. The van der Waals surface area contributed by atoms with Crippen molar-refractivity contribution in [2.75, 3.05) is 13.2 Å². The highest BCUT2D eigenvalue weighted by Crippen LogP contribution is 2.33. The van der Waals surface area contributed by atoms with Crippen molar-refractivity contribution in [3.8, 4) is 17.2 Å². The summed E-state index contributed by atoms with van der Waals surface area (Å²) in [4.78, 5) is 11.5. The number of aliphatic hydroxyl groups is 1. The molecular weight excluding hydrogens is 326 g/mol. The summed E-state index contributed by atoms with van der Waals surface area (Å²) < 4.78 is 0. The van der Waals surface area contributed by atoms with Crippen LogP contribution >= 0.6 is 0 Å². The van der Waals surface area contributed by atoms with E-state index in [1.165, 1.54) is 0 Å². The van der Waals surface area contributed by atoms with Gasteiger partial charge in [-0.2, -0.15) is 5.26 Å². The number of carbonyl (C=O) groups is 1. The van der Waals surface area contributed by atoms with Crippen molar-refractivity contribution in [2.45, 2.75) is 31.3 Å². The summed E-state index contributed by atoms with van der Waals surface area (Å²) in [6.45, 7) is 2.45. The molecule has 0 unspecified atom stereocenters. The lowest BCUT2D eigenvalue weighted by Crippen LogP contribution is -2.64. The third-order valence-electron chi connectivity index (χ3n) is 4.95. The lowest BCUT2D eigenvalue weighted by molar-refractivity contribution is -0.121. The van der Waals surface area contributed by atoms with Gasteiger partial charge in [-0.25, -0.2) is 0 Å². The normalized spacial score (nSPS) is 21.5. The highest BCUT2D eigenvalue weighted by Gasteiger charge is 2.40. The first-order chi connectivity index (χ1) is 12.7. The number of hydrogen-bond donors (Lipinski definition) is 3. The summed E-state index contributed by atoms with van der Waals surface area (Å²) in [5, 5.41) is 24.8. The van der Waals surface area contributed by atoms with Crippen LogP contribution in [0.2, 0.25) is 0 Å². The third kappa shape index (κ3) is 3.77. The van der Waals surface area contributed by atoms with Crippen molar-refractivity contribution in [3.63, 3.8) is 0 Å². The Hall–Kier alpha value is -2.68. The summed E-state index contributed by atoms with van der Waals surface area (Å²) in [6.07, 6.45) is 0.470. The minimum absolute atomic E-state index is 0.00583. The lowest BCUT2D eigenvalue weighted by Gasteiger charge is -2.46. The number of nitrogens with one attached hydrogen (secondary N) is 2. The minimum Gasteiger partial charge on any atom is -0.395 e. The Labute approximate surface area is 153 Å². The van der Waals surface area contributed by atoms with E-state index in [0.717, 1.165) is 16.7 Å². The molecule has 134 valence electrons. The maximum absolute atomic E-state index is 11.5. The van der Waals surface area contributed by atoms with E-state index in [4.69, 9.17) is 5.26 Å². The second-order valence-electron chi connectivity index (χ2n) is 6.56. The number of rotatable bonds is 6. The second-order valence-corrected chi connectivity index (χ2v) is 6.56. The molecule has 1 saturated heterocycles. The fourth-order valence-corrected chi connectivity index (χ4v) is 3.48. The van der Waals surface area contributed by atoms with Crippen molar-refractivity contribution in [1.82, 2.24) is 10.6 Å². The fourth-order valence-electron chi connectivity index (χ4n) is 3.48. The number of hydrogen-bond acceptors (Lipinski definition) is 4. The molecule has 0 aromatic heterocycles. The Bertz CT molecular complexity index is 811. The first-order valence-corrected chi connectivity index (χ1v) is 8.90. The smallest absolute Gasteiger partial charge is 0.219 e. The van der Waals surface area contributed by atoms with Gasteiger partial charge in [0.05, 0.1) is 18.2 Å². The van der Waals surface area contributed by atoms with Gasteiger partial charge < -0.3 is 15.7 Å². The van der Waals surface area contributed by atoms with Crippen molar-refractivity contribution in [3.05, 3.63) is 59.7 Å². The molecular formula is C21H23N3O2. The monoisotopic (exact) mass is 349 g/mol. The molecule has 1 aliphatic rings. The Morgan fingerprint density at radius 3 is 2.62 bits per heavy atom. The molecule has 2 aromatic rings. The van der Waals surface area contributed by atoms with Gasteiger partial charge in [0.2, 0.25) is 5.91 Å². The maximum atomic E-state index is 11.5. The molecule has 1 fully saturated rings. The quantitative estimate of drug-likeness (QED) is 0.746. The molecule has 26 heavy (non-hydrogen) atoms. The standard InChI is InChI=1S/C21H23N3O2/c1-2-20(26)23-12-18-21(19(13-25)24-18)16-8-6-15(7-9-16)17-5-3-4-14(10-17)11-22/h3-10,18-19,21,24-25H,2,12-13H2,1H3,(H,23,26)/t18-,19-,21-/m0/s1. The van der Waals surface area contributed by atoms with E-state index in [1.807, 2.05) is 37.3 Å². The number of carbonyl (C=O) groups excluding carboxylic acids is 1. The van der Waals surface area contributed by atoms with Gasteiger partial charge in [-0.3, -0.25) is 4.79 Å². The predicted molar refractivity (Wildman–Crippen MR) is 100 cm³/mol. The number of aliphatic hydroxyl groups excluding tert-OH is 1. The molecule has 1 amide bonds. The van der Waals surface area contributed by atoms with Crippen molar-refractivity contribution >= 4 is 5.91 Å². The topological polar surface area (TPSA) is 85.2 Å². The van der Waals surface area contributed by atoms with Gasteiger partial charge in [0.25, 0.3) is 0 Å². The van der Waals surface area contributed by atoms with Crippen LogP contribution in [0.1, 0.15) is 30.4 Å². The van der Waals surface area contributed by atoms with E-state index in [2.05, 4.69) is 28.8 Å². The molecule has 1 aliphatic heterocycles. The Morgan fingerprint density at radius 2 is 1.96 bits per heavy atom. The maximum Gasteiger partial charge on any atom is 0.219 e. The van der Waals surface area contributed by atoms with Crippen LogP contribution in [0.25, 0.3) is 11.1 Å². The molecule has 1 heterocycles. The van der Waals surface area contributed by atoms with Gasteiger partial charge in [-0.05, 0) is 28.8 Å². The van der Waals surface area contributed by atoms with Crippen LogP contribution in [0.5, 0.6) is 0 Å². The minimum atomic E-state index is 0.00583. The van der Waals surface area contributed by atoms with Crippen molar-refractivity contribution in [2.24, 2.45) is 0 Å². The molecule has 2 aromatic carbocycles. The summed E-state index contributed by atoms with van der Waals surface area (Å²) in [5.74, 6) is 0.197. The summed E-state index contributed by atoms with van der Waals surface area (Å²) in [6, 6.07) is 18.0. The second kappa shape index (κ2) is 8.13. The van der Waals surface area contributed by atoms with Crippen LogP contribution in [0.4, 0.5) is 0 Å². The Morgan fingerprint density at radius 1 is 1.19 bits per heavy atom. The molecule has 5 nitrogen and oxygen atoms in total. The van der Waals surface area contributed by atoms with Crippen LogP contribution in [0, 0.1) is 11.3 Å². The number of nitrogens with zero attached hydrogens (tertiary/aromatic N) is 1. The Kier molecular flexibility index (Phi) is 5.67. The van der Waals surface area contributed by atoms with Gasteiger partial charge in [0.15, 0.2) is 0 Å². The average molecular weight is 349 g/mol. The zero-order valence-corrected chi connectivity index (χ0v) is 14.8. The van der Waals surface area contributed by atoms with Crippen LogP contribution in [-0.4, -0.2) is 36.2 Å². The molecule has 5 heteroatoms.